The molecule has 0 saturated heterocycles. The number of anilines is 1. The molecule has 1 aliphatic rings. The summed E-state index contributed by atoms with van der Waals surface area (Å²) in [7, 11) is 1.69. The average Bonchev–Trinajstić information content (AvgIpc) is 2.82. The van der Waals surface area contributed by atoms with Gasteiger partial charge in [0.25, 0.3) is 0 Å². The Balaban J connectivity index is 1.55. The first kappa shape index (κ1) is 26.9. The number of nitrogens with zero attached hydrogens (tertiary/aromatic N) is 1. The number of ether oxygens (including phenoxy) is 2. The first-order valence-electron chi connectivity index (χ1n) is 12.5. The Morgan fingerprint density at radius 3 is 2.23 bits per heavy atom. The summed E-state index contributed by atoms with van der Waals surface area (Å²) < 4.78 is 11.4. The summed E-state index contributed by atoms with van der Waals surface area (Å²) in [4.78, 5) is 27.7. The van der Waals surface area contributed by atoms with E-state index in [1.165, 1.54) is 5.56 Å². The SMILES string of the molecule is COC(C)(C)CCOC(C)(C)CNC(=O)CCC(=O)N1Cc2ccccc2CCc2ccccc21. The van der Waals surface area contributed by atoms with Gasteiger partial charge in [-0.25, -0.2) is 0 Å². The standard InChI is InChI=1S/C29H40N2O4/c1-28(2,34-5)18-19-35-29(3,4)21-30-26(32)16-17-27(33)31-20-24-12-7-6-10-22(24)14-15-23-11-8-9-13-25(23)31/h6-13H,14-21H2,1-5H3,(H,30,32). The van der Waals surface area contributed by atoms with E-state index in [2.05, 4.69) is 23.5 Å². The second-order valence-electron chi connectivity index (χ2n) is 10.5. The van der Waals surface area contributed by atoms with Crippen molar-refractivity contribution in [1.82, 2.24) is 5.32 Å². The molecule has 0 fully saturated rings. The number of carbonyl (C=O) groups is 2. The lowest BCUT2D eigenvalue weighted by molar-refractivity contribution is -0.126. The van der Waals surface area contributed by atoms with E-state index in [0.717, 1.165) is 36.1 Å². The molecule has 0 aliphatic carbocycles. The van der Waals surface area contributed by atoms with Gasteiger partial charge in [0.05, 0.1) is 24.4 Å². The Labute approximate surface area is 210 Å². The Bertz CT molecular complexity index is 1020. The molecule has 35 heavy (non-hydrogen) atoms. The molecule has 0 radical (unpaired) electrons. The summed E-state index contributed by atoms with van der Waals surface area (Å²) in [5, 5.41) is 2.93. The van der Waals surface area contributed by atoms with Crippen LogP contribution >= 0.6 is 0 Å². The van der Waals surface area contributed by atoms with Crippen LogP contribution in [0.2, 0.25) is 0 Å². The number of para-hydroxylation sites is 1. The average molecular weight is 481 g/mol. The lowest BCUT2D eigenvalue weighted by Gasteiger charge is -2.29. The van der Waals surface area contributed by atoms with E-state index in [1.807, 2.05) is 62.9 Å². The molecule has 0 spiro atoms. The number of nitrogens with one attached hydrogen (secondary N) is 1. The molecular weight excluding hydrogens is 440 g/mol. The first-order valence-corrected chi connectivity index (χ1v) is 12.5. The van der Waals surface area contributed by atoms with E-state index in [0.29, 0.717) is 19.7 Å². The molecule has 190 valence electrons. The summed E-state index contributed by atoms with van der Waals surface area (Å²) in [6, 6.07) is 16.4. The van der Waals surface area contributed by atoms with Gasteiger partial charge in [0, 0.05) is 32.2 Å². The van der Waals surface area contributed by atoms with Crippen molar-refractivity contribution in [3.8, 4) is 0 Å². The van der Waals surface area contributed by atoms with Crippen LogP contribution in [0, 0.1) is 0 Å². The maximum absolute atomic E-state index is 13.3. The van der Waals surface area contributed by atoms with Crippen LogP contribution in [-0.4, -0.2) is 43.3 Å². The lowest BCUT2D eigenvalue weighted by atomic mass is 9.95. The third-order valence-electron chi connectivity index (χ3n) is 6.72. The number of fused-ring (bicyclic) bond motifs is 2. The highest BCUT2D eigenvalue weighted by Gasteiger charge is 2.25. The molecule has 1 aliphatic heterocycles. The highest BCUT2D eigenvalue weighted by Crippen LogP contribution is 2.29. The van der Waals surface area contributed by atoms with Gasteiger partial charge in [-0.05, 0) is 69.7 Å². The highest BCUT2D eigenvalue weighted by molar-refractivity contribution is 5.96. The van der Waals surface area contributed by atoms with Gasteiger partial charge in [-0.1, -0.05) is 42.5 Å². The molecule has 2 amide bonds. The minimum absolute atomic E-state index is 0.0402. The van der Waals surface area contributed by atoms with Crippen molar-refractivity contribution in [2.45, 2.75) is 77.5 Å². The predicted molar refractivity (Wildman–Crippen MR) is 139 cm³/mol. The number of hydrogen-bond acceptors (Lipinski definition) is 4. The van der Waals surface area contributed by atoms with Gasteiger partial charge in [-0.15, -0.1) is 0 Å². The van der Waals surface area contributed by atoms with Crippen LogP contribution in [0.1, 0.15) is 63.6 Å². The fourth-order valence-electron chi connectivity index (χ4n) is 4.17. The zero-order chi connectivity index (χ0) is 25.5. The zero-order valence-corrected chi connectivity index (χ0v) is 21.9. The molecule has 0 unspecified atom stereocenters. The number of benzene rings is 2. The number of carbonyl (C=O) groups excluding carboxylic acids is 2. The van der Waals surface area contributed by atoms with Crippen LogP contribution in [0.5, 0.6) is 0 Å². The monoisotopic (exact) mass is 480 g/mol. The van der Waals surface area contributed by atoms with Crippen LogP contribution in [0.15, 0.2) is 48.5 Å². The number of methoxy groups -OCH3 is 1. The van der Waals surface area contributed by atoms with Gasteiger partial charge in [-0.3, -0.25) is 9.59 Å². The summed E-state index contributed by atoms with van der Waals surface area (Å²) in [6.07, 6.45) is 2.90. The van der Waals surface area contributed by atoms with Crippen LogP contribution in [0.4, 0.5) is 5.69 Å². The zero-order valence-electron chi connectivity index (χ0n) is 21.9. The molecule has 2 aromatic rings. The molecule has 1 heterocycles. The minimum Gasteiger partial charge on any atom is -0.379 e. The van der Waals surface area contributed by atoms with Crippen LogP contribution < -0.4 is 10.2 Å². The molecule has 0 bridgehead atoms. The van der Waals surface area contributed by atoms with Gasteiger partial charge in [-0.2, -0.15) is 0 Å². The molecule has 2 aromatic carbocycles. The van der Waals surface area contributed by atoms with Gasteiger partial charge in [0.15, 0.2) is 0 Å². The van der Waals surface area contributed by atoms with E-state index in [4.69, 9.17) is 9.47 Å². The quantitative estimate of drug-likeness (QED) is 0.529. The van der Waals surface area contributed by atoms with Crippen molar-refractivity contribution in [2.75, 3.05) is 25.2 Å². The summed E-state index contributed by atoms with van der Waals surface area (Å²) in [6.45, 7) is 9.38. The third-order valence-corrected chi connectivity index (χ3v) is 6.72. The number of amides is 2. The van der Waals surface area contributed by atoms with Crippen molar-refractivity contribution >= 4 is 17.5 Å². The lowest BCUT2D eigenvalue weighted by Crippen LogP contribution is -2.41. The van der Waals surface area contributed by atoms with E-state index in [1.54, 1.807) is 7.11 Å². The van der Waals surface area contributed by atoms with Gasteiger partial charge in [0.1, 0.15) is 0 Å². The summed E-state index contributed by atoms with van der Waals surface area (Å²) in [5.41, 5.74) is 3.79. The Hall–Kier alpha value is -2.70. The van der Waals surface area contributed by atoms with Gasteiger partial charge in [0.2, 0.25) is 11.8 Å². The van der Waals surface area contributed by atoms with Crippen LogP contribution in [-0.2, 0) is 38.4 Å². The normalized spacial score (nSPS) is 13.9. The van der Waals surface area contributed by atoms with E-state index < -0.39 is 5.60 Å². The second kappa shape index (κ2) is 11.8. The fraction of sp³-hybridized carbons (Fsp3) is 0.517. The van der Waals surface area contributed by atoms with Gasteiger partial charge < -0.3 is 19.7 Å². The van der Waals surface area contributed by atoms with E-state index in [9.17, 15) is 9.59 Å². The maximum atomic E-state index is 13.3. The topological polar surface area (TPSA) is 67.9 Å². The van der Waals surface area contributed by atoms with Gasteiger partial charge >= 0.3 is 0 Å². The Morgan fingerprint density at radius 1 is 0.886 bits per heavy atom. The van der Waals surface area contributed by atoms with Crippen molar-refractivity contribution in [3.63, 3.8) is 0 Å². The Kier molecular flexibility index (Phi) is 9.09. The third kappa shape index (κ3) is 7.91. The van der Waals surface area contributed by atoms with Crippen molar-refractivity contribution < 1.29 is 19.1 Å². The molecule has 0 aromatic heterocycles. The van der Waals surface area contributed by atoms with E-state index >= 15 is 0 Å². The molecule has 6 heteroatoms. The number of hydrogen-bond donors (Lipinski definition) is 1. The molecule has 1 N–H and O–H groups in total. The molecule has 0 atom stereocenters. The predicted octanol–water partition coefficient (Wildman–Crippen LogP) is 4.83. The summed E-state index contributed by atoms with van der Waals surface area (Å²) in [5.74, 6) is -0.186. The molecule has 0 saturated carbocycles. The smallest absolute Gasteiger partial charge is 0.227 e. The van der Waals surface area contributed by atoms with Crippen molar-refractivity contribution in [2.24, 2.45) is 0 Å². The molecule has 6 nitrogen and oxygen atoms in total. The first-order chi connectivity index (χ1) is 16.6. The number of aryl methyl sites for hydroxylation is 2. The minimum atomic E-state index is -0.505. The summed E-state index contributed by atoms with van der Waals surface area (Å²) >= 11 is 0. The molecule has 3 rings (SSSR count). The van der Waals surface area contributed by atoms with Crippen LogP contribution in [0.3, 0.4) is 0 Å². The Morgan fingerprint density at radius 2 is 1.51 bits per heavy atom. The van der Waals surface area contributed by atoms with Crippen molar-refractivity contribution in [3.05, 3.63) is 65.2 Å². The highest BCUT2D eigenvalue weighted by atomic mass is 16.5. The molecular formula is C29H40N2O4. The van der Waals surface area contributed by atoms with Crippen LogP contribution in [0.25, 0.3) is 0 Å². The maximum Gasteiger partial charge on any atom is 0.227 e. The largest absolute Gasteiger partial charge is 0.379 e. The second-order valence-corrected chi connectivity index (χ2v) is 10.5. The number of rotatable bonds is 10. The van der Waals surface area contributed by atoms with E-state index in [-0.39, 0.29) is 30.3 Å². The van der Waals surface area contributed by atoms with Crippen molar-refractivity contribution in [1.29, 1.82) is 0 Å². The fourth-order valence-corrected chi connectivity index (χ4v) is 4.17.